The lowest BCUT2D eigenvalue weighted by atomic mass is 10.0. The summed E-state index contributed by atoms with van der Waals surface area (Å²) in [5.41, 5.74) is 5.06. The number of nitrogens with zero attached hydrogens (tertiary/aromatic N) is 1. The maximum atomic E-state index is 12.8. The minimum absolute atomic E-state index is 0.148. The SMILES string of the molecule is Cc1[nH]c(/C=C2\C(=O)Nc3ccc(Br)cc32)c(C)c1C(=O)NCCN1CCNC(O)C1. The molecule has 1 unspecified atom stereocenters. The predicted octanol–water partition coefficient (Wildman–Crippen LogP) is 1.84. The number of piperazine rings is 1. The fourth-order valence-electron chi connectivity index (χ4n) is 4.12. The highest BCUT2D eigenvalue weighted by Crippen LogP contribution is 2.35. The molecule has 2 aliphatic rings. The average Bonchev–Trinajstić information content (AvgIpc) is 3.17. The lowest BCUT2D eigenvalue weighted by molar-refractivity contribution is -0.110. The highest BCUT2D eigenvalue weighted by molar-refractivity contribution is 9.10. The summed E-state index contributed by atoms with van der Waals surface area (Å²) in [5, 5.41) is 18.5. The summed E-state index contributed by atoms with van der Waals surface area (Å²) in [6.07, 6.45) is 1.28. The summed E-state index contributed by atoms with van der Waals surface area (Å²) in [5.74, 6) is -0.311. The van der Waals surface area contributed by atoms with Gasteiger partial charge >= 0.3 is 0 Å². The van der Waals surface area contributed by atoms with Crippen LogP contribution in [0.4, 0.5) is 5.69 Å². The average molecular weight is 488 g/mol. The van der Waals surface area contributed by atoms with Crippen LogP contribution in [0.1, 0.15) is 32.9 Å². The number of carbonyl (C=O) groups excluding carboxylic acids is 2. The fraction of sp³-hybridized carbons (Fsp3) is 0.364. The van der Waals surface area contributed by atoms with Crippen LogP contribution in [0.5, 0.6) is 0 Å². The van der Waals surface area contributed by atoms with E-state index in [-0.39, 0.29) is 11.8 Å². The van der Waals surface area contributed by atoms with E-state index in [4.69, 9.17) is 0 Å². The van der Waals surface area contributed by atoms with Gasteiger partial charge in [-0.15, -0.1) is 0 Å². The highest BCUT2D eigenvalue weighted by Gasteiger charge is 2.26. The second-order valence-corrected chi connectivity index (χ2v) is 8.81. The van der Waals surface area contributed by atoms with Gasteiger partial charge in [-0.05, 0) is 43.7 Å². The van der Waals surface area contributed by atoms with Crippen molar-refractivity contribution in [2.24, 2.45) is 0 Å². The summed E-state index contributed by atoms with van der Waals surface area (Å²) in [4.78, 5) is 30.7. The van der Waals surface area contributed by atoms with E-state index in [0.717, 1.165) is 45.8 Å². The van der Waals surface area contributed by atoms with Crippen molar-refractivity contribution in [1.29, 1.82) is 0 Å². The highest BCUT2D eigenvalue weighted by atomic mass is 79.9. The molecule has 1 atom stereocenters. The first-order chi connectivity index (χ1) is 14.8. The van der Waals surface area contributed by atoms with Gasteiger partial charge in [-0.3, -0.25) is 19.8 Å². The third-order valence-corrected chi connectivity index (χ3v) is 6.20. The molecule has 8 nitrogen and oxygen atoms in total. The van der Waals surface area contributed by atoms with Gasteiger partial charge in [0.25, 0.3) is 11.8 Å². The van der Waals surface area contributed by atoms with Crippen molar-refractivity contribution in [3.8, 4) is 0 Å². The van der Waals surface area contributed by atoms with E-state index in [9.17, 15) is 14.7 Å². The van der Waals surface area contributed by atoms with Crippen molar-refractivity contribution >= 4 is 45.1 Å². The number of H-pyrrole nitrogens is 1. The lowest BCUT2D eigenvalue weighted by Crippen LogP contribution is -2.52. The smallest absolute Gasteiger partial charge is 0.256 e. The second kappa shape index (κ2) is 8.96. The minimum Gasteiger partial charge on any atom is -0.377 e. The number of benzene rings is 1. The Hall–Kier alpha value is -2.46. The summed E-state index contributed by atoms with van der Waals surface area (Å²) in [6, 6.07) is 5.65. The molecule has 1 aromatic carbocycles. The van der Waals surface area contributed by atoms with E-state index in [2.05, 4.69) is 41.8 Å². The predicted molar refractivity (Wildman–Crippen MR) is 124 cm³/mol. The number of hydrogen-bond donors (Lipinski definition) is 5. The molecular formula is C22H26BrN5O3. The first-order valence-corrected chi connectivity index (χ1v) is 11.1. The molecule has 4 rings (SSSR count). The van der Waals surface area contributed by atoms with Crippen LogP contribution in [0.2, 0.25) is 0 Å². The van der Waals surface area contributed by atoms with Crippen LogP contribution in [0.3, 0.4) is 0 Å². The molecule has 164 valence electrons. The summed E-state index contributed by atoms with van der Waals surface area (Å²) >= 11 is 3.46. The Balaban J connectivity index is 1.49. The largest absolute Gasteiger partial charge is 0.377 e. The topological polar surface area (TPSA) is 109 Å². The normalized spacial score (nSPS) is 20.1. The van der Waals surface area contributed by atoms with E-state index in [1.165, 1.54) is 0 Å². The number of hydrogen-bond acceptors (Lipinski definition) is 5. The number of aliphatic hydroxyl groups is 1. The summed E-state index contributed by atoms with van der Waals surface area (Å²) in [7, 11) is 0. The molecule has 3 heterocycles. The Morgan fingerprint density at radius 1 is 1.39 bits per heavy atom. The van der Waals surface area contributed by atoms with Gasteiger partial charge in [-0.1, -0.05) is 15.9 Å². The van der Waals surface area contributed by atoms with Gasteiger partial charge in [0, 0.05) is 59.8 Å². The number of rotatable bonds is 5. The minimum atomic E-state index is -0.521. The molecule has 0 saturated carbocycles. The van der Waals surface area contributed by atoms with E-state index >= 15 is 0 Å². The number of amides is 2. The molecule has 9 heteroatoms. The number of anilines is 1. The molecule has 2 aliphatic heterocycles. The van der Waals surface area contributed by atoms with E-state index in [0.29, 0.717) is 30.8 Å². The third-order valence-electron chi connectivity index (χ3n) is 5.71. The molecule has 0 bridgehead atoms. The summed E-state index contributed by atoms with van der Waals surface area (Å²) in [6.45, 7) is 7.03. The van der Waals surface area contributed by atoms with Gasteiger partial charge in [0.2, 0.25) is 0 Å². The van der Waals surface area contributed by atoms with Crippen molar-refractivity contribution < 1.29 is 14.7 Å². The third kappa shape index (κ3) is 4.59. The van der Waals surface area contributed by atoms with Gasteiger partial charge in [-0.2, -0.15) is 0 Å². The van der Waals surface area contributed by atoms with Crippen molar-refractivity contribution in [2.45, 2.75) is 20.1 Å². The molecule has 1 aromatic heterocycles. The number of aromatic amines is 1. The Labute approximate surface area is 189 Å². The van der Waals surface area contributed by atoms with Gasteiger partial charge in [-0.25, -0.2) is 0 Å². The number of aliphatic hydroxyl groups excluding tert-OH is 1. The molecule has 1 fully saturated rings. The quantitative estimate of drug-likeness (QED) is 0.413. The molecule has 31 heavy (non-hydrogen) atoms. The van der Waals surface area contributed by atoms with Gasteiger partial charge in [0.1, 0.15) is 6.23 Å². The maximum absolute atomic E-state index is 12.8. The van der Waals surface area contributed by atoms with Gasteiger partial charge < -0.3 is 20.7 Å². The summed E-state index contributed by atoms with van der Waals surface area (Å²) < 4.78 is 0.894. The molecule has 2 amide bonds. The van der Waals surface area contributed by atoms with Crippen LogP contribution in [-0.4, -0.2) is 65.8 Å². The standard InChI is InChI=1S/C22H26BrN5O3/c1-12-18(10-16-15-9-14(23)3-4-17(15)27-21(16)30)26-13(2)20(12)22(31)25-6-8-28-7-5-24-19(29)11-28/h3-4,9-10,19,24,26,29H,5-8,11H2,1-2H3,(H,25,31)(H,27,30)/b16-10-. The first kappa shape index (κ1) is 21.8. The first-order valence-electron chi connectivity index (χ1n) is 10.3. The Kier molecular flexibility index (Phi) is 6.29. The van der Waals surface area contributed by atoms with E-state index < -0.39 is 6.23 Å². The molecule has 0 radical (unpaired) electrons. The molecule has 2 aromatic rings. The zero-order valence-corrected chi connectivity index (χ0v) is 19.1. The Bertz CT molecular complexity index is 1060. The Morgan fingerprint density at radius 2 is 2.19 bits per heavy atom. The molecule has 0 spiro atoms. The van der Waals surface area contributed by atoms with Crippen LogP contribution in [-0.2, 0) is 4.79 Å². The zero-order chi connectivity index (χ0) is 22.1. The van der Waals surface area contributed by atoms with Crippen LogP contribution < -0.4 is 16.0 Å². The number of carbonyl (C=O) groups is 2. The van der Waals surface area contributed by atoms with Gasteiger partial charge in [0.15, 0.2) is 0 Å². The van der Waals surface area contributed by atoms with Crippen LogP contribution in [0.15, 0.2) is 22.7 Å². The number of fused-ring (bicyclic) bond motifs is 1. The van der Waals surface area contributed by atoms with Crippen molar-refractivity contribution in [3.05, 3.63) is 50.8 Å². The number of aryl methyl sites for hydroxylation is 1. The molecular weight excluding hydrogens is 462 g/mol. The maximum Gasteiger partial charge on any atom is 0.256 e. The number of aromatic nitrogens is 1. The van der Waals surface area contributed by atoms with Crippen LogP contribution in [0.25, 0.3) is 11.6 Å². The van der Waals surface area contributed by atoms with Crippen molar-refractivity contribution in [3.63, 3.8) is 0 Å². The van der Waals surface area contributed by atoms with E-state index in [1.54, 1.807) is 6.08 Å². The molecule has 5 N–H and O–H groups in total. The number of nitrogens with one attached hydrogen (secondary N) is 4. The monoisotopic (exact) mass is 487 g/mol. The van der Waals surface area contributed by atoms with Crippen LogP contribution >= 0.6 is 15.9 Å². The fourth-order valence-corrected chi connectivity index (χ4v) is 4.48. The second-order valence-electron chi connectivity index (χ2n) is 7.89. The van der Waals surface area contributed by atoms with Crippen LogP contribution in [0, 0.1) is 13.8 Å². The molecule has 1 saturated heterocycles. The zero-order valence-electron chi connectivity index (χ0n) is 17.5. The van der Waals surface area contributed by atoms with Gasteiger partial charge in [0.05, 0.1) is 11.1 Å². The van der Waals surface area contributed by atoms with Crippen molar-refractivity contribution in [1.82, 2.24) is 20.5 Å². The number of halogens is 1. The molecule has 0 aliphatic carbocycles. The van der Waals surface area contributed by atoms with Crippen molar-refractivity contribution in [2.75, 3.05) is 38.0 Å². The van der Waals surface area contributed by atoms with E-state index in [1.807, 2.05) is 32.0 Å². The lowest BCUT2D eigenvalue weighted by Gasteiger charge is -2.30. The Morgan fingerprint density at radius 3 is 2.97 bits per heavy atom. The number of β-amino-alcohol motifs (C(OH)–C–C–N with tert-alkyl or cyclic N) is 1.